The Morgan fingerprint density at radius 1 is 1.04 bits per heavy atom. The van der Waals surface area contributed by atoms with Crippen molar-refractivity contribution >= 4 is 23.2 Å². The molecule has 0 saturated carbocycles. The maximum atomic E-state index is 12.2. The molecule has 2 aromatic carbocycles. The lowest BCUT2D eigenvalue weighted by Crippen LogP contribution is -2.30. The van der Waals surface area contributed by atoms with Gasteiger partial charge in [-0.05, 0) is 49.2 Å². The van der Waals surface area contributed by atoms with Crippen molar-refractivity contribution in [2.45, 2.75) is 33.3 Å². The summed E-state index contributed by atoms with van der Waals surface area (Å²) in [7, 11) is 0. The lowest BCUT2D eigenvalue weighted by Gasteiger charge is -2.15. The second-order valence-electron chi connectivity index (χ2n) is 5.51. The highest BCUT2D eigenvalue weighted by atomic mass is 16.5. The van der Waals surface area contributed by atoms with Crippen LogP contribution in [0.4, 0.5) is 11.4 Å². The number of nitrogens with one attached hydrogen (secondary N) is 2. The molecule has 2 aromatic rings. The number of hydrogen-bond acceptors (Lipinski definition) is 3. The van der Waals surface area contributed by atoms with Gasteiger partial charge in [-0.1, -0.05) is 25.1 Å². The molecule has 2 N–H and O–H groups in total. The van der Waals surface area contributed by atoms with Crippen molar-refractivity contribution in [3.05, 3.63) is 54.1 Å². The second kappa shape index (κ2) is 8.15. The average Bonchev–Trinajstić information content (AvgIpc) is 2.55. The van der Waals surface area contributed by atoms with Crippen LogP contribution in [0.2, 0.25) is 0 Å². The first-order valence-electron chi connectivity index (χ1n) is 7.92. The van der Waals surface area contributed by atoms with Gasteiger partial charge in [-0.3, -0.25) is 9.59 Å². The zero-order valence-corrected chi connectivity index (χ0v) is 14.1. The van der Waals surface area contributed by atoms with Gasteiger partial charge in [0, 0.05) is 18.3 Å². The van der Waals surface area contributed by atoms with Gasteiger partial charge < -0.3 is 15.4 Å². The van der Waals surface area contributed by atoms with Gasteiger partial charge in [-0.25, -0.2) is 0 Å². The summed E-state index contributed by atoms with van der Waals surface area (Å²) in [6, 6.07) is 14.7. The van der Waals surface area contributed by atoms with E-state index >= 15 is 0 Å². The summed E-state index contributed by atoms with van der Waals surface area (Å²) < 4.78 is 5.66. The highest BCUT2D eigenvalue weighted by molar-refractivity contribution is 5.95. The maximum Gasteiger partial charge on any atom is 0.265 e. The molecule has 0 aliphatic heterocycles. The quantitative estimate of drug-likeness (QED) is 0.852. The van der Waals surface area contributed by atoms with Gasteiger partial charge in [0.1, 0.15) is 5.75 Å². The van der Waals surface area contributed by atoms with E-state index in [1.807, 2.05) is 24.3 Å². The van der Waals surface area contributed by atoms with Gasteiger partial charge in [0.2, 0.25) is 5.91 Å². The minimum absolute atomic E-state index is 0.161. The van der Waals surface area contributed by atoms with Gasteiger partial charge in [-0.2, -0.15) is 0 Å². The molecule has 0 aromatic heterocycles. The molecule has 1 atom stereocenters. The van der Waals surface area contributed by atoms with Crippen molar-refractivity contribution in [3.8, 4) is 5.75 Å². The van der Waals surface area contributed by atoms with Crippen molar-refractivity contribution in [1.29, 1.82) is 0 Å². The SMILES string of the molecule is CCc1ccc(O[C@@H](C)C(=O)Nc2cccc(NC(C)=O)c2)cc1. The van der Waals surface area contributed by atoms with Crippen LogP contribution in [0.3, 0.4) is 0 Å². The Labute approximate surface area is 142 Å². The van der Waals surface area contributed by atoms with Crippen molar-refractivity contribution < 1.29 is 14.3 Å². The number of benzene rings is 2. The number of hydrogen-bond donors (Lipinski definition) is 2. The zero-order valence-electron chi connectivity index (χ0n) is 14.1. The largest absolute Gasteiger partial charge is 0.481 e. The average molecular weight is 326 g/mol. The van der Waals surface area contributed by atoms with E-state index in [2.05, 4.69) is 17.6 Å². The minimum atomic E-state index is -0.637. The first-order chi connectivity index (χ1) is 11.5. The fraction of sp³-hybridized carbons (Fsp3) is 0.263. The highest BCUT2D eigenvalue weighted by Crippen LogP contribution is 2.17. The fourth-order valence-corrected chi connectivity index (χ4v) is 2.18. The Hall–Kier alpha value is -2.82. The van der Waals surface area contributed by atoms with Crippen LogP contribution >= 0.6 is 0 Å². The van der Waals surface area contributed by atoms with E-state index in [0.717, 1.165) is 6.42 Å². The Kier molecular flexibility index (Phi) is 5.95. The lowest BCUT2D eigenvalue weighted by molar-refractivity contribution is -0.122. The smallest absolute Gasteiger partial charge is 0.265 e. The van der Waals surface area contributed by atoms with E-state index in [0.29, 0.717) is 17.1 Å². The number of rotatable bonds is 6. The number of anilines is 2. The van der Waals surface area contributed by atoms with Gasteiger partial charge in [0.15, 0.2) is 6.10 Å². The molecule has 126 valence electrons. The van der Waals surface area contributed by atoms with Crippen molar-refractivity contribution in [1.82, 2.24) is 0 Å². The van der Waals surface area contributed by atoms with E-state index in [9.17, 15) is 9.59 Å². The van der Waals surface area contributed by atoms with Gasteiger partial charge in [0.05, 0.1) is 0 Å². The Morgan fingerprint density at radius 3 is 2.25 bits per heavy atom. The zero-order chi connectivity index (χ0) is 17.5. The molecule has 0 bridgehead atoms. The third-order valence-electron chi connectivity index (χ3n) is 3.46. The molecule has 0 unspecified atom stereocenters. The van der Waals surface area contributed by atoms with E-state index in [4.69, 9.17) is 4.74 Å². The van der Waals surface area contributed by atoms with Crippen molar-refractivity contribution in [2.24, 2.45) is 0 Å². The van der Waals surface area contributed by atoms with Crippen LogP contribution in [-0.2, 0) is 16.0 Å². The Balaban J connectivity index is 1.96. The third-order valence-corrected chi connectivity index (χ3v) is 3.46. The predicted octanol–water partition coefficient (Wildman–Crippen LogP) is 3.61. The molecule has 5 heteroatoms. The normalized spacial score (nSPS) is 11.5. The van der Waals surface area contributed by atoms with E-state index in [-0.39, 0.29) is 11.8 Å². The third kappa shape index (κ3) is 5.12. The number of ether oxygens (including phenoxy) is 1. The van der Waals surface area contributed by atoms with Crippen LogP contribution in [0.5, 0.6) is 5.75 Å². The minimum Gasteiger partial charge on any atom is -0.481 e. The summed E-state index contributed by atoms with van der Waals surface area (Å²) in [6.45, 7) is 5.22. The summed E-state index contributed by atoms with van der Waals surface area (Å²) in [4.78, 5) is 23.3. The van der Waals surface area contributed by atoms with Crippen LogP contribution < -0.4 is 15.4 Å². The molecule has 2 rings (SSSR count). The molecular weight excluding hydrogens is 304 g/mol. The molecule has 0 aliphatic rings. The molecular formula is C19H22N2O3. The van der Waals surface area contributed by atoms with Crippen LogP contribution in [0.25, 0.3) is 0 Å². The summed E-state index contributed by atoms with van der Waals surface area (Å²) in [5.74, 6) is 0.238. The monoisotopic (exact) mass is 326 g/mol. The standard InChI is InChI=1S/C19H22N2O3/c1-4-15-8-10-18(11-9-15)24-13(2)19(23)21-17-7-5-6-16(12-17)20-14(3)22/h5-13H,4H2,1-3H3,(H,20,22)(H,21,23)/t13-/m0/s1. The van der Waals surface area contributed by atoms with Crippen molar-refractivity contribution in [3.63, 3.8) is 0 Å². The highest BCUT2D eigenvalue weighted by Gasteiger charge is 2.15. The topological polar surface area (TPSA) is 67.4 Å². The Bertz CT molecular complexity index is 711. The number of amides is 2. The molecule has 5 nitrogen and oxygen atoms in total. The predicted molar refractivity (Wildman–Crippen MR) is 95.3 cm³/mol. The molecule has 0 heterocycles. The Morgan fingerprint density at radius 2 is 1.67 bits per heavy atom. The summed E-state index contributed by atoms with van der Waals surface area (Å²) >= 11 is 0. The summed E-state index contributed by atoms with van der Waals surface area (Å²) in [5.41, 5.74) is 2.45. The molecule has 0 aliphatic carbocycles. The molecule has 0 radical (unpaired) electrons. The fourth-order valence-electron chi connectivity index (χ4n) is 2.18. The van der Waals surface area contributed by atoms with Gasteiger partial charge in [0.25, 0.3) is 5.91 Å². The van der Waals surface area contributed by atoms with Crippen LogP contribution in [0.15, 0.2) is 48.5 Å². The first-order valence-corrected chi connectivity index (χ1v) is 7.92. The number of carbonyl (C=O) groups is 2. The maximum absolute atomic E-state index is 12.2. The molecule has 0 spiro atoms. The van der Waals surface area contributed by atoms with Crippen LogP contribution in [0.1, 0.15) is 26.3 Å². The van der Waals surface area contributed by atoms with Crippen LogP contribution in [-0.4, -0.2) is 17.9 Å². The van der Waals surface area contributed by atoms with Crippen LogP contribution in [0, 0.1) is 0 Å². The van der Waals surface area contributed by atoms with E-state index in [1.165, 1.54) is 12.5 Å². The lowest BCUT2D eigenvalue weighted by atomic mass is 10.2. The summed E-state index contributed by atoms with van der Waals surface area (Å²) in [5, 5.41) is 5.46. The van der Waals surface area contributed by atoms with Gasteiger partial charge in [-0.15, -0.1) is 0 Å². The van der Waals surface area contributed by atoms with Gasteiger partial charge >= 0.3 is 0 Å². The number of aryl methyl sites for hydroxylation is 1. The van der Waals surface area contributed by atoms with E-state index < -0.39 is 6.10 Å². The van der Waals surface area contributed by atoms with Crippen molar-refractivity contribution in [2.75, 3.05) is 10.6 Å². The molecule has 0 fully saturated rings. The molecule has 24 heavy (non-hydrogen) atoms. The first kappa shape index (κ1) is 17.5. The molecule has 2 amide bonds. The summed E-state index contributed by atoms with van der Waals surface area (Å²) in [6.07, 6.45) is 0.322. The molecule has 0 saturated heterocycles. The van der Waals surface area contributed by atoms with E-state index in [1.54, 1.807) is 31.2 Å². The second-order valence-corrected chi connectivity index (χ2v) is 5.51. The number of carbonyl (C=O) groups excluding carboxylic acids is 2.